The summed E-state index contributed by atoms with van der Waals surface area (Å²) in [6.07, 6.45) is 18.3. The molecule has 0 amide bonds. The van der Waals surface area contributed by atoms with E-state index in [2.05, 4.69) is 110 Å². The minimum absolute atomic E-state index is 0. The van der Waals surface area contributed by atoms with Gasteiger partial charge in [0.2, 0.25) is 0 Å². The smallest absolute Gasteiger partial charge is 0.0431 e. The van der Waals surface area contributed by atoms with Crippen LogP contribution in [0.5, 0.6) is 0 Å². The van der Waals surface area contributed by atoms with Crippen LogP contribution in [0.4, 0.5) is 0 Å². The molecule has 5 heteroatoms. The summed E-state index contributed by atoms with van der Waals surface area (Å²) in [7, 11) is 0. The summed E-state index contributed by atoms with van der Waals surface area (Å²) in [5, 5.41) is 17.1. The Morgan fingerprint density at radius 3 is 1.44 bits per heavy atom. The molecule has 2 rings (SSSR count). The predicted molar refractivity (Wildman–Crippen MR) is 183 cm³/mol. The van der Waals surface area contributed by atoms with E-state index < -0.39 is 0 Å². The highest BCUT2D eigenvalue weighted by Crippen LogP contribution is 2.12. The molecule has 2 aromatic rings. The summed E-state index contributed by atoms with van der Waals surface area (Å²) < 4.78 is 3.87. The number of halogens is 3. The highest BCUT2D eigenvalue weighted by molar-refractivity contribution is 14.1. The molecule has 36 heavy (non-hydrogen) atoms. The maximum absolute atomic E-state index is 8.64. The van der Waals surface area contributed by atoms with Gasteiger partial charge in [0.15, 0.2) is 0 Å². The lowest BCUT2D eigenvalue weighted by Gasteiger charge is -1.96. The Morgan fingerprint density at radius 2 is 1.00 bits per heavy atom. The quantitative estimate of drug-likeness (QED) is 0.127. The zero-order valence-corrected chi connectivity index (χ0v) is 27.1. The number of unbranched alkanes of at least 4 members (excludes halogenated alkanes) is 10. The van der Waals surface area contributed by atoms with Gasteiger partial charge in [0.05, 0.1) is 0 Å². The van der Waals surface area contributed by atoms with Crippen molar-refractivity contribution in [1.29, 1.82) is 0 Å². The van der Waals surface area contributed by atoms with Crippen molar-refractivity contribution in [3.05, 3.63) is 64.8 Å². The van der Waals surface area contributed by atoms with Crippen LogP contribution in [0.15, 0.2) is 48.5 Å². The molecule has 0 aliphatic rings. The highest BCUT2D eigenvalue weighted by atomic mass is 127. The van der Waals surface area contributed by atoms with E-state index in [9.17, 15) is 0 Å². The number of hydrogen-bond acceptors (Lipinski definition) is 2. The topological polar surface area (TPSA) is 40.5 Å². The molecule has 0 fully saturated rings. The molecule has 0 atom stereocenters. The first-order chi connectivity index (χ1) is 17.1. The van der Waals surface area contributed by atoms with Crippen molar-refractivity contribution < 1.29 is 10.2 Å². The van der Waals surface area contributed by atoms with Gasteiger partial charge in [-0.2, -0.15) is 0 Å². The molecule has 0 aliphatic heterocycles. The van der Waals surface area contributed by atoms with Crippen molar-refractivity contribution in [2.45, 2.75) is 84.5 Å². The Kier molecular flexibility index (Phi) is 30.7. The van der Waals surface area contributed by atoms with Crippen molar-refractivity contribution in [3.63, 3.8) is 0 Å². The van der Waals surface area contributed by atoms with Crippen molar-refractivity contribution >= 4 is 67.8 Å². The maximum atomic E-state index is 8.64. The first-order valence-corrected chi connectivity index (χ1v) is 15.6. The van der Waals surface area contributed by atoms with Crippen LogP contribution in [0.3, 0.4) is 0 Å². The van der Waals surface area contributed by atoms with Crippen molar-refractivity contribution in [1.82, 2.24) is 0 Å². The third kappa shape index (κ3) is 24.0. The first kappa shape index (κ1) is 37.8. The van der Waals surface area contributed by atoms with E-state index in [4.69, 9.17) is 16.6 Å². The van der Waals surface area contributed by atoms with Crippen LogP contribution in [-0.2, 0) is 0 Å². The third-order valence-corrected chi connectivity index (χ3v) is 8.71. The lowest BCUT2D eigenvalue weighted by atomic mass is 10.1. The molecule has 0 unspecified atom stereocenters. The Labute approximate surface area is 262 Å². The summed E-state index contributed by atoms with van der Waals surface area (Å²) in [6, 6.07) is 16.5. The SMILES string of the molecule is C.C#CCCCCCCCO.Ic1ccccc1I.OCCCCCCCC#Cc1ccccc1I. The maximum Gasteiger partial charge on any atom is 0.0431 e. The average molecular weight is 828 g/mol. The molecular formula is C31H43I3O2. The largest absolute Gasteiger partial charge is 0.396 e. The van der Waals surface area contributed by atoms with E-state index in [1.54, 1.807) is 0 Å². The van der Waals surface area contributed by atoms with Crippen molar-refractivity contribution in [2.24, 2.45) is 0 Å². The number of rotatable bonds is 12. The Morgan fingerprint density at radius 1 is 0.583 bits per heavy atom. The van der Waals surface area contributed by atoms with Crippen LogP contribution < -0.4 is 0 Å². The average Bonchev–Trinajstić information content (AvgIpc) is 2.87. The minimum Gasteiger partial charge on any atom is -0.396 e. The molecular weight excluding hydrogens is 785 g/mol. The number of benzene rings is 2. The second kappa shape index (κ2) is 29.2. The molecule has 0 saturated carbocycles. The van der Waals surface area contributed by atoms with E-state index in [0.717, 1.165) is 50.5 Å². The lowest BCUT2D eigenvalue weighted by molar-refractivity contribution is 0.282. The van der Waals surface area contributed by atoms with Gasteiger partial charge in [-0.05, 0) is 118 Å². The van der Waals surface area contributed by atoms with Crippen LogP contribution in [0, 0.1) is 34.9 Å². The van der Waals surface area contributed by atoms with Crippen LogP contribution in [0.25, 0.3) is 0 Å². The fourth-order valence-electron chi connectivity index (χ4n) is 2.88. The molecule has 0 radical (unpaired) electrons. The van der Waals surface area contributed by atoms with Crippen molar-refractivity contribution in [2.75, 3.05) is 13.2 Å². The van der Waals surface area contributed by atoms with Crippen LogP contribution in [0.2, 0.25) is 0 Å². The van der Waals surface area contributed by atoms with Gasteiger partial charge in [-0.3, -0.25) is 0 Å². The first-order valence-electron chi connectivity index (χ1n) is 12.3. The van der Waals surface area contributed by atoms with Gasteiger partial charge < -0.3 is 10.2 Å². The van der Waals surface area contributed by atoms with Gasteiger partial charge in [0.1, 0.15) is 0 Å². The normalized spacial score (nSPS) is 9.22. The Hall–Kier alpha value is -0.330. The van der Waals surface area contributed by atoms with Crippen LogP contribution >= 0.6 is 67.8 Å². The van der Waals surface area contributed by atoms with E-state index >= 15 is 0 Å². The number of terminal acetylenes is 1. The minimum atomic E-state index is 0. The van der Waals surface area contributed by atoms with Gasteiger partial charge in [-0.25, -0.2) is 0 Å². The van der Waals surface area contributed by atoms with Crippen LogP contribution in [0.1, 0.15) is 90.0 Å². The number of hydrogen-bond donors (Lipinski definition) is 2. The molecule has 0 saturated heterocycles. The lowest BCUT2D eigenvalue weighted by Crippen LogP contribution is -1.83. The van der Waals surface area contributed by atoms with Gasteiger partial charge >= 0.3 is 0 Å². The summed E-state index contributed by atoms with van der Waals surface area (Å²) in [5.41, 5.74) is 1.13. The molecule has 0 aromatic heterocycles. The van der Waals surface area contributed by atoms with E-state index in [1.165, 1.54) is 42.8 Å². The molecule has 2 nitrogen and oxygen atoms in total. The second-order valence-corrected chi connectivity index (χ2v) is 11.4. The zero-order chi connectivity index (χ0) is 26.0. The van der Waals surface area contributed by atoms with Crippen LogP contribution in [-0.4, -0.2) is 23.4 Å². The Balaban J connectivity index is 0. The highest BCUT2D eigenvalue weighted by Gasteiger charge is 1.92. The molecule has 200 valence electrons. The summed E-state index contributed by atoms with van der Waals surface area (Å²) in [5.74, 6) is 9.06. The fraction of sp³-hybridized carbons (Fsp3) is 0.484. The molecule has 0 heterocycles. The fourth-order valence-corrected chi connectivity index (χ4v) is 4.18. The van der Waals surface area contributed by atoms with E-state index in [-0.39, 0.29) is 7.43 Å². The molecule has 2 aromatic carbocycles. The van der Waals surface area contributed by atoms with Gasteiger partial charge in [-0.15, -0.1) is 12.3 Å². The monoisotopic (exact) mass is 828 g/mol. The predicted octanol–water partition coefficient (Wildman–Crippen LogP) is 9.46. The molecule has 0 bridgehead atoms. The summed E-state index contributed by atoms with van der Waals surface area (Å²) in [4.78, 5) is 0. The molecule has 0 aliphatic carbocycles. The Bertz CT molecular complexity index is 845. The number of aliphatic hydroxyl groups is 2. The van der Waals surface area contributed by atoms with E-state index in [1.807, 2.05) is 24.3 Å². The number of aliphatic hydroxyl groups excluding tert-OH is 2. The van der Waals surface area contributed by atoms with Gasteiger partial charge in [0.25, 0.3) is 0 Å². The summed E-state index contributed by atoms with van der Waals surface area (Å²) >= 11 is 6.95. The van der Waals surface area contributed by atoms with E-state index in [0.29, 0.717) is 13.2 Å². The molecule has 0 spiro atoms. The van der Waals surface area contributed by atoms with Gasteiger partial charge in [-0.1, -0.05) is 82.1 Å². The van der Waals surface area contributed by atoms with Crippen molar-refractivity contribution in [3.8, 4) is 24.2 Å². The van der Waals surface area contributed by atoms with Gasteiger partial charge in [0, 0.05) is 42.3 Å². The zero-order valence-electron chi connectivity index (χ0n) is 20.6. The standard InChI is InChI=1S/C15H19IO.C9H16O.C6H4I2.CH4/c16-15-12-8-7-11-14(15)10-6-4-2-1-3-5-9-13-17;1-2-3-4-5-6-7-8-9-10;7-5-3-1-2-4-6(5)8;/h7-8,11-12,17H,1-5,9,13H2;1,10H,3-9H2;1-4H;1H4. The second-order valence-electron chi connectivity index (χ2n) is 7.88. The molecule has 2 N–H and O–H groups in total. The summed E-state index contributed by atoms with van der Waals surface area (Å²) in [6.45, 7) is 0.654. The third-order valence-electron chi connectivity index (χ3n) is 4.86.